The van der Waals surface area contributed by atoms with Crippen molar-refractivity contribution in [2.75, 3.05) is 32.2 Å². The lowest BCUT2D eigenvalue weighted by Crippen LogP contribution is -2.46. The van der Waals surface area contributed by atoms with Gasteiger partial charge in [-0.15, -0.1) is 0 Å². The number of ether oxygens (including phenoxy) is 2. The molecular formula is C20H29N3O4. The van der Waals surface area contributed by atoms with Crippen molar-refractivity contribution in [3.63, 3.8) is 0 Å². The normalized spacial score (nSPS) is 20.5. The van der Waals surface area contributed by atoms with Crippen LogP contribution in [-0.4, -0.2) is 54.6 Å². The van der Waals surface area contributed by atoms with Crippen LogP contribution in [0.4, 0.5) is 5.69 Å². The lowest BCUT2D eigenvalue weighted by Gasteiger charge is -2.30. The van der Waals surface area contributed by atoms with Crippen LogP contribution in [0.15, 0.2) is 18.3 Å². The number of amides is 2. The summed E-state index contributed by atoms with van der Waals surface area (Å²) in [7, 11) is 1.61. The predicted molar refractivity (Wildman–Crippen MR) is 102 cm³/mol. The molecule has 7 heteroatoms. The molecule has 0 spiro atoms. The minimum Gasteiger partial charge on any atom is -0.475 e. The Morgan fingerprint density at radius 2 is 1.96 bits per heavy atom. The zero-order chi connectivity index (χ0) is 19.1. The van der Waals surface area contributed by atoms with Crippen molar-refractivity contribution >= 4 is 17.5 Å². The molecule has 1 N–H and O–H groups in total. The molecule has 2 amide bonds. The number of nitrogens with one attached hydrogen (secondary N) is 1. The van der Waals surface area contributed by atoms with Crippen LogP contribution < -0.4 is 10.1 Å². The van der Waals surface area contributed by atoms with E-state index in [4.69, 9.17) is 9.47 Å². The van der Waals surface area contributed by atoms with Crippen LogP contribution in [0.2, 0.25) is 0 Å². The van der Waals surface area contributed by atoms with Crippen LogP contribution >= 0.6 is 0 Å². The molecule has 0 radical (unpaired) electrons. The Kier molecular flexibility index (Phi) is 7.04. The Labute approximate surface area is 160 Å². The zero-order valence-corrected chi connectivity index (χ0v) is 16.0. The second-order valence-electron chi connectivity index (χ2n) is 7.24. The van der Waals surface area contributed by atoms with Gasteiger partial charge in [-0.05, 0) is 31.7 Å². The molecule has 3 rings (SSSR count). The van der Waals surface area contributed by atoms with Gasteiger partial charge in [0.15, 0.2) is 0 Å². The Morgan fingerprint density at radius 1 is 1.15 bits per heavy atom. The van der Waals surface area contributed by atoms with Gasteiger partial charge in [-0.1, -0.05) is 19.3 Å². The Bertz CT molecular complexity index is 629. The number of pyridine rings is 1. The predicted octanol–water partition coefficient (Wildman–Crippen LogP) is 2.62. The lowest BCUT2D eigenvalue weighted by atomic mass is 9.88. The van der Waals surface area contributed by atoms with Gasteiger partial charge >= 0.3 is 0 Å². The van der Waals surface area contributed by atoms with E-state index in [-0.39, 0.29) is 23.8 Å². The van der Waals surface area contributed by atoms with E-state index in [2.05, 4.69) is 10.3 Å². The van der Waals surface area contributed by atoms with Crippen molar-refractivity contribution in [1.82, 2.24) is 9.88 Å². The lowest BCUT2D eigenvalue weighted by molar-refractivity contribution is -0.141. The highest BCUT2D eigenvalue weighted by atomic mass is 16.5. The number of rotatable bonds is 7. The minimum atomic E-state index is -0.378. The molecule has 1 aromatic rings. The van der Waals surface area contributed by atoms with Crippen molar-refractivity contribution in [3.8, 4) is 5.88 Å². The molecule has 0 bridgehead atoms. The van der Waals surface area contributed by atoms with Gasteiger partial charge in [0.25, 0.3) is 0 Å². The van der Waals surface area contributed by atoms with Crippen LogP contribution in [0, 0.1) is 5.92 Å². The molecule has 1 atom stereocenters. The van der Waals surface area contributed by atoms with E-state index in [1.54, 1.807) is 30.3 Å². The quantitative estimate of drug-likeness (QED) is 0.741. The molecular weight excluding hydrogens is 346 g/mol. The summed E-state index contributed by atoms with van der Waals surface area (Å²) in [5, 5.41) is 2.89. The summed E-state index contributed by atoms with van der Waals surface area (Å²) in [6, 6.07) is 3.09. The third-order valence-corrected chi connectivity index (χ3v) is 5.33. The number of aromatic nitrogens is 1. The molecule has 2 fully saturated rings. The van der Waals surface area contributed by atoms with Gasteiger partial charge in [0.05, 0.1) is 18.5 Å². The summed E-state index contributed by atoms with van der Waals surface area (Å²) in [4.78, 5) is 31.5. The first-order valence-corrected chi connectivity index (χ1v) is 9.88. The first kappa shape index (κ1) is 19.6. The molecule has 0 aromatic carbocycles. The van der Waals surface area contributed by atoms with Crippen LogP contribution in [0.25, 0.3) is 0 Å². The summed E-state index contributed by atoms with van der Waals surface area (Å²) in [5.41, 5.74) is 0.607. The Morgan fingerprint density at radius 3 is 2.67 bits per heavy atom. The molecule has 148 valence electrons. The van der Waals surface area contributed by atoms with Gasteiger partial charge in [0, 0.05) is 25.6 Å². The second-order valence-corrected chi connectivity index (χ2v) is 7.24. The summed E-state index contributed by atoms with van der Waals surface area (Å²) in [6.45, 7) is 1.60. The number of hydrogen-bond donors (Lipinski definition) is 1. The van der Waals surface area contributed by atoms with Gasteiger partial charge in [-0.25, -0.2) is 4.98 Å². The maximum atomic E-state index is 12.8. The van der Waals surface area contributed by atoms with Crippen molar-refractivity contribution in [1.29, 1.82) is 0 Å². The smallest absolute Gasteiger partial charge is 0.247 e. The molecule has 2 aliphatic rings. The van der Waals surface area contributed by atoms with E-state index < -0.39 is 0 Å². The topological polar surface area (TPSA) is 80.8 Å². The van der Waals surface area contributed by atoms with E-state index in [0.717, 1.165) is 38.5 Å². The van der Waals surface area contributed by atoms with Gasteiger partial charge in [-0.2, -0.15) is 0 Å². The van der Waals surface area contributed by atoms with Crippen LogP contribution in [0.5, 0.6) is 5.88 Å². The molecule has 7 nitrogen and oxygen atoms in total. The first-order valence-electron chi connectivity index (χ1n) is 9.88. The standard InChI is InChI=1S/C20H29N3O4/c1-26-12-13-27-18-10-9-16(14-21-18)22-19(24)17-8-5-11-23(17)20(25)15-6-3-2-4-7-15/h9-10,14-15,17H,2-8,11-13H2,1H3,(H,22,24)/t17-/m0/s1. The number of nitrogens with zero attached hydrogens (tertiary/aromatic N) is 2. The maximum Gasteiger partial charge on any atom is 0.247 e. The molecule has 1 saturated carbocycles. The third-order valence-electron chi connectivity index (χ3n) is 5.33. The minimum absolute atomic E-state index is 0.0948. The number of methoxy groups -OCH3 is 1. The molecule has 0 unspecified atom stereocenters. The number of anilines is 1. The molecule has 27 heavy (non-hydrogen) atoms. The molecule has 1 aliphatic carbocycles. The fourth-order valence-electron chi connectivity index (χ4n) is 3.88. The number of carbonyl (C=O) groups excluding carboxylic acids is 2. The van der Waals surface area contributed by atoms with Crippen molar-refractivity contribution in [2.24, 2.45) is 5.92 Å². The highest BCUT2D eigenvalue weighted by molar-refractivity contribution is 5.97. The van der Waals surface area contributed by atoms with Gasteiger partial charge in [0.1, 0.15) is 12.6 Å². The largest absolute Gasteiger partial charge is 0.475 e. The highest BCUT2D eigenvalue weighted by Gasteiger charge is 2.37. The van der Waals surface area contributed by atoms with Crippen LogP contribution in [0.3, 0.4) is 0 Å². The SMILES string of the molecule is COCCOc1ccc(NC(=O)[C@@H]2CCCN2C(=O)C2CCCCC2)cn1. The number of hydrogen-bond acceptors (Lipinski definition) is 5. The first-order chi connectivity index (χ1) is 13.2. The monoisotopic (exact) mass is 375 g/mol. The fourth-order valence-corrected chi connectivity index (χ4v) is 3.88. The van der Waals surface area contributed by atoms with Crippen LogP contribution in [0.1, 0.15) is 44.9 Å². The third kappa shape index (κ3) is 5.19. The van der Waals surface area contributed by atoms with Crippen molar-refractivity contribution in [3.05, 3.63) is 18.3 Å². The summed E-state index contributed by atoms with van der Waals surface area (Å²) in [6.07, 6.45) is 8.53. The Hall–Kier alpha value is -2.15. The maximum absolute atomic E-state index is 12.8. The van der Waals surface area contributed by atoms with E-state index in [0.29, 0.717) is 31.3 Å². The summed E-state index contributed by atoms with van der Waals surface area (Å²) < 4.78 is 10.3. The zero-order valence-electron chi connectivity index (χ0n) is 16.0. The van der Waals surface area contributed by atoms with Crippen LogP contribution in [-0.2, 0) is 14.3 Å². The Balaban J connectivity index is 1.55. The average molecular weight is 375 g/mol. The van der Waals surface area contributed by atoms with E-state index in [1.165, 1.54) is 6.42 Å². The van der Waals surface area contributed by atoms with E-state index in [9.17, 15) is 9.59 Å². The van der Waals surface area contributed by atoms with Gasteiger partial charge < -0.3 is 19.7 Å². The molecule has 1 saturated heterocycles. The summed E-state index contributed by atoms with van der Waals surface area (Å²) in [5.74, 6) is 0.608. The average Bonchev–Trinajstić information content (AvgIpc) is 3.19. The number of carbonyl (C=O) groups is 2. The second kappa shape index (κ2) is 9.69. The molecule has 2 heterocycles. The van der Waals surface area contributed by atoms with E-state index >= 15 is 0 Å². The van der Waals surface area contributed by atoms with Gasteiger partial charge in [-0.3, -0.25) is 9.59 Å². The fraction of sp³-hybridized carbons (Fsp3) is 0.650. The highest BCUT2D eigenvalue weighted by Crippen LogP contribution is 2.29. The van der Waals surface area contributed by atoms with Gasteiger partial charge in [0.2, 0.25) is 17.7 Å². The molecule has 1 aromatic heterocycles. The molecule has 1 aliphatic heterocycles. The number of likely N-dealkylation sites (tertiary alicyclic amines) is 1. The van der Waals surface area contributed by atoms with Crippen molar-refractivity contribution in [2.45, 2.75) is 51.0 Å². The summed E-state index contributed by atoms with van der Waals surface area (Å²) >= 11 is 0. The van der Waals surface area contributed by atoms with Crippen molar-refractivity contribution < 1.29 is 19.1 Å². The van der Waals surface area contributed by atoms with E-state index in [1.807, 2.05) is 0 Å².